The molecule has 0 radical (unpaired) electrons. The lowest BCUT2D eigenvalue weighted by Gasteiger charge is -2.34. The maximum atomic E-state index is 12.7. The van der Waals surface area contributed by atoms with Crippen molar-refractivity contribution in [2.75, 3.05) is 25.5 Å². The van der Waals surface area contributed by atoms with E-state index in [-0.39, 0.29) is 5.91 Å². The normalized spacial score (nSPS) is 16.4. The standard InChI is InChI=1S/C17H20N4O3/c1-23-17(5-7-18-8-6-17)16(22)21-13-3-2-4-14(11-13)24-15-12-19-9-10-20-15/h2-4,9-12,18H,5-8H2,1H3,(H,21,22). The van der Waals surface area contributed by atoms with Crippen LogP contribution in [0, 0.1) is 0 Å². The fourth-order valence-electron chi connectivity index (χ4n) is 2.70. The Bertz CT molecular complexity index is 687. The average Bonchev–Trinajstić information content (AvgIpc) is 2.63. The fourth-order valence-corrected chi connectivity index (χ4v) is 2.70. The van der Waals surface area contributed by atoms with Crippen molar-refractivity contribution in [1.82, 2.24) is 15.3 Å². The van der Waals surface area contributed by atoms with Crippen molar-refractivity contribution < 1.29 is 14.3 Å². The molecule has 0 bridgehead atoms. The Morgan fingerprint density at radius 1 is 1.29 bits per heavy atom. The van der Waals surface area contributed by atoms with Crippen molar-refractivity contribution in [3.63, 3.8) is 0 Å². The SMILES string of the molecule is COC1(C(=O)Nc2cccc(Oc3cnccn3)c2)CCNCC1. The molecule has 7 nitrogen and oxygen atoms in total. The summed E-state index contributed by atoms with van der Waals surface area (Å²) in [6.07, 6.45) is 5.95. The lowest BCUT2D eigenvalue weighted by atomic mass is 9.91. The number of carbonyl (C=O) groups excluding carboxylic acids is 1. The zero-order valence-corrected chi connectivity index (χ0v) is 13.5. The Kier molecular flexibility index (Phi) is 5.02. The van der Waals surface area contributed by atoms with E-state index >= 15 is 0 Å². The summed E-state index contributed by atoms with van der Waals surface area (Å²) in [6.45, 7) is 1.52. The second-order valence-electron chi connectivity index (χ2n) is 5.58. The highest BCUT2D eigenvalue weighted by Gasteiger charge is 2.39. The van der Waals surface area contributed by atoms with Crippen LogP contribution in [-0.2, 0) is 9.53 Å². The molecule has 3 rings (SSSR count). The molecule has 1 aliphatic heterocycles. The van der Waals surface area contributed by atoms with Crippen molar-refractivity contribution in [2.45, 2.75) is 18.4 Å². The summed E-state index contributed by atoms with van der Waals surface area (Å²) in [5.74, 6) is 0.834. The summed E-state index contributed by atoms with van der Waals surface area (Å²) in [4.78, 5) is 20.7. The monoisotopic (exact) mass is 328 g/mol. The maximum Gasteiger partial charge on any atom is 0.256 e. The molecular formula is C17H20N4O3. The smallest absolute Gasteiger partial charge is 0.256 e. The zero-order chi connectivity index (χ0) is 16.8. The number of ether oxygens (including phenoxy) is 2. The summed E-state index contributed by atoms with van der Waals surface area (Å²) >= 11 is 0. The largest absolute Gasteiger partial charge is 0.437 e. The summed E-state index contributed by atoms with van der Waals surface area (Å²) < 4.78 is 11.2. The van der Waals surface area contributed by atoms with Crippen LogP contribution < -0.4 is 15.4 Å². The molecule has 1 aliphatic rings. The molecular weight excluding hydrogens is 308 g/mol. The number of nitrogens with one attached hydrogen (secondary N) is 2. The van der Waals surface area contributed by atoms with Gasteiger partial charge in [0.05, 0.1) is 6.20 Å². The minimum absolute atomic E-state index is 0.136. The van der Waals surface area contributed by atoms with Crippen molar-refractivity contribution in [3.8, 4) is 11.6 Å². The number of amides is 1. The number of hydrogen-bond acceptors (Lipinski definition) is 6. The zero-order valence-electron chi connectivity index (χ0n) is 13.5. The fraction of sp³-hybridized carbons (Fsp3) is 0.353. The van der Waals surface area contributed by atoms with Crippen LogP contribution in [0.2, 0.25) is 0 Å². The number of benzene rings is 1. The second-order valence-corrected chi connectivity index (χ2v) is 5.58. The molecule has 126 valence electrons. The van der Waals surface area contributed by atoms with E-state index in [9.17, 15) is 4.79 Å². The van der Waals surface area contributed by atoms with Crippen LogP contribution in [0.5, 0.6) is 11.6 Å². The molecule has 2 heterocycles. The molecule has 0 spiro atoms. The second kappa shape index (κ2) is 7.37. The van der Waals surface area contributed by atoms with Gasteiger partial charge in [-0.25, -0.2) is 4.98 Å². The van der Waals surface area contributed by atoms with Gasteiger partial charge in [-0.2, -0.15) is 0 Å². The number of piperidine rings is 1. The third kappa shape index (κ3) is 3.69. The van der Waals surface area contributed by atoms with Gasteiger partial charge in [-0.1, -0.05) is 6.07 Å². The van der Waals surface area contributed by atoms with Gasteiger partial charge in [0.2, 0.25) is 5.88 Å². The van der Waals surface area contributed by atoms with Crippen LogP contribution >= 0.6 is 0 Å². The van der Waals surface area contributed by atoms with E-state index in [0.717, 1.165) is 13.1 Å². The highest BCUT2D eigenvalue weighted by molar-refractivity contribution is 5.97. The Balaban J connectivity index is 1.71. The number of carbonyl (C=O) groups is 1. The first-order chi connectivity index (χ1) is 11.7. The number of rotatable bonds is 5. The number of nitrogens with zero attached hydrogens (tertiary/aromatic N) is 2. The predicted molar refractivity (Wildman–Crippen MR) is 89.0 cm³/mol. The summed E-state index contributed by atoms with van der Waals surface area (Å²) in [5.41, 5.74) is -0.135. The summed E-state index contributed by atoms with van der Waals surface area (Å²) in [6, 6.07) is 7.16. The van der Waals surface area contributed by atoms with Gasteiger partial charge >= 0.3 is 0 Å². The highest BCUT2D eigenvalue weighted by atomic mass is 16.5. The molecule has 2 N–H and O–H groups in total. The molecule has 1 saturated heterocycles. The molecule has 24 heavy (non-hydrogen) atoms. The molecule has 1 aromatic heterocycles. The van der Waals surface area contributed by atoms with Gasteiger partial charge in [-0.3, -0.25) is 9.78 Å². The Labute approximate surface area is 140 Å². The topological polar surface area (TPSA) is 85.4 Å². The van der Waals surface area contributed by atoms with Crippen LogP contribution in [-0.4, -0.2) is 41.7 Å². The van der Waals surface area contributed by atoms with E-state index in [4.69, 9.17) is 9.47 Å². The number of anilines is 1. The summed E-state index contributed by atoms with van der Waals surface area (Å²) in [5, 5.41) is 6.16. The predicted octanol–water partition coefficient (Wildman–Crippen LogP) is 1.98. The van der Waals surface area contributed by atoms with Crippen LogP contribution in [0.25, 0.3) is 0 Å². The lowest BCUT2D eigenvalue weighted by Crippen LogP contribution is -2.51. The minimum Gasteiger partial charge on any atom is -0.437 e. The highest BCUT2D eigenvalue weighted by Crippen LogP contribution is 2.26. The van der Waals surface area contributed by atoms with E-state index < -0.39 is 5.60 Å². The van der Waals surface area contributed by atoms with Gasteiger partial charge < -0.3 is 20.1 Å². The minimum atomic E-state index is -0.785. The first-order valence-electron chi connectivity index (χ1n) is 7.83. The third-order valence-electron chi connectivity index (χ3n) is 4.07. The van der Waals surface area contributed by atoms with Gasteiger partial charge in [-0.15, -0.1) is 0 Å². The van der Waals surface area contributed by atoms with Gasteiger partial charge in [0.1, 0.15) is 11.4 Å². The molecule has 0 saturated carbocycles. The average molecular weight is 328 g/mol. The van der Waals surface area contributed by atoms with Crippen LogP contribution in [0.1, 0.15) is 12.8 Å². The number of methoxy groups -OCH3 is 1. The summed E-state index contributed by atoms with van der Waals surface area (Å²) in [7, 11) is 1.58. The Morgan fingerprint density at radius 3 is 2.83 bits per heavy atom. The van der Waals surface area contributed by atoms with Crippen LogP contribution in [0.15, 0.2) is 42.9 Å². The lowest BCUT2D eigenvalue weighted by molar-refractivity contribution is -0.140. The molecule has 0 atom stereocenters. The first kappa shape index (κ1) is 16.4. The Hall–Kier alpha value is -2.51. The molecule has 1 fully saturated rings. The van der Waals surface area contributed by atoms with Gasteiger partial charge in [0.15, 0.2) is 0 Å². The van der Waals surface area contributed by atoms with E-state index in [1.54, 1.807) is 31.6 Å². The molecule has 2 aromatic rings. The van der Waals surface area contributed by atoms with Crippen molar-refractivity contribution in [2.24, 2.45) is 0 Å². The number of hydrogen-bond donors (Lipinski definition) is 2. The first-order valence-corrected chi connectivity index (χ1v) is 7.83. The molecule has 1 amide bonds. The van der Waals surface area contributed by atoms with E-state index in [0.29, 0.717) is 30.2 Å². The van der Waals surface area contributed by atoms with Gasteiger partial charge in [0.25, 0.3) is 5.91 Å². The van der Waals surface area contributed by atoms with Crippen LogP contribution in [0.4, 0.5) is 5.69 Å². The molecule has 0 aliphatic carbocycles. The number of aromatic nitrogens is 2. The maximum absolute atomic E-state index is 12.7. The quantitative estimate of drug-likeness (QED) is 0.873. The molecule has 0 unspecified atom stereocenters. The third-order valence-corrected chi connectivity index (χ3v) is 4.07. The molecule has 7 heteroatoms. The Morgan fingerprint density at radius 2 is 2.12 bits per heavy atom. The van der Waals surface area contributed by atoms with E-state index in [1.165, 1.54) is 6.20 Å². The van der Waals surface area contributed by atoms with E-state index in [2.05, 4.69) is 20.6 Å². The van der Waals surface area contributed by atoms with Crippen molar-refractivity contribution in [1.29, 1.82) is 0 Å². The van der Waals surface area contributed by atoms with Crippen molar-refractivity contribution >= 4 is 11.6 Å². The van der Waals surface area contributed by atoms with Gasteiger partial charge in [0, 0.05) is 31.3 Å². The van der Waals surface area contributed by atoms with E-state index in [1.807, 2.05) is 12.1 Å². The van der Waals surface area contributed by atoms with Gasteiger partial charge in [-0.05, 0) is 38.1 Å². The van der Waals surface area contributed by atoms with Crippen molar-refractivity contribution in [3.05, 3.63) is 42.9 Å². The van der Waals surface area contributed by atoms with Crippen LogP contribution in [0.3, 0.4) is 0 Å². The molecule has 1 aromatic carbocycles.